The van der Waals surface area contributed by atoms with Gasteiger partial charge in [0, 0.05) is 37.8 Å². The zero-order valence-electron chi connectivity index (χ0n) is 14.7. The van der Waals surface area contributed by atoms with E-state index in [0.29, 0.717) is 19.7 Å². The molecule has 3 rings (SSSR count). The second-order valence-corrected chi connectivity index (χ2v) is 6.94. The number of carbonyl (C=O) groups is 1. The van der Waals surface area contributed by atoms with Gasteiger partial charge < -0.3 is 19.9 Å². The van der Waals surface area contributed by atoms with Crippen molar-refractivity contribution in [1.29, 1.82) is 0 Å². The summed E-state index contributed by atoms with van der Waals surface area (Å²) in [4.78, 5) is 21.0. The molecule has 0 saturated carbocycles. The molecule has 2 heterocycles. The van der Waals surface area contributed by atoms with Gasteiger partial charge in [-0.05, 0) is 31.0 Å². The Morgan fingerprint density at radius 3 is 2.80 bits per heavy atom. The van der Waals surface area contributed by atoms with E-state index in [4.69, 9.17) is 4.74 Å². The molecule has 1 aromatic carbocycles. The van der Waals surface area contributed by atoms with Crippen LogP contribution < -0.4 is 15.0 Å². The first-order valence-corrected chi connectivity index (χ1v) is 9.49. The van der Waals surface area contributed by atoms with Crippen molar-refractivity contribution in [2.45, 2.75) is 20.3 Å². The molecular weight excluding hydrogens is 336 g/mol. The Balaban J connectivity index is 1.59. The topological polar surface area (TPSA) is 57.7 Å². The predicted octanol–water partition coefficient (Wildman–Crippen LogP) is 3.59. The van der Waals surface area contributed by atoms with Gasteiger partial charge in [0.05, 0.1) is 12.3 Å². The Morgan fingerprint density at radius 1 is 1.32 bits per heavy atom. The third-order valence-corrected chi connectivity index (χ3v) is 4.93. The lowest BCUT2D eigenvalue weighted by molar-refractivity contribution is 0.208. The molecule has 6 nitrogen and oxygen atoms in total. The van der Waals surface area contributed by atoms with Crippen LogP contribution in [-0.2, 0) is 0 Å². The van der Waals surface area contributed by atoms with Crippen LogP contribution in [0.15, 0.2) is 29.8 Å². The van der Waals surface area contributed by atoms with Crippen molar-refractivity contribution in [3.8, 4) is 5.75 Å². The summed E-state index contributed by atoms with van der Waals surface area (Å²) in [5, 5.41) is 5.99. The zero-order chi connectivity index (χ0) is 17.6. The summed E-state index contributed by atoms with van der Waals surface area (Å²) in [6.07, 6.45) is 2.74. The Morgan fingerprint density at radius 2 is 2.12 bits per heavy atom. The largest absolute Gasteiger partial charge is 0.491 e. The molecule has 1 aliphatic rings. The molecule has 0 aliphatic carbocycles. The molecule has 1 fully saturated rings. The minimum atomic E-state index is -0.0796. The second-order valence-electron chi connectivity index (χ2n) is 6.07. The van der Waals surface area contributed by atoms with Gasteiger partial charge in [0.25, 0.3) is 0 Å². The van der Waals surface area contributed by atoms with E-state index in [1.165, 1.54) is 0 Å². The molecule has 2 aromatic rings. The highest BCUT2D eigenvalue weighted by atomic mass is 32.1. The summed E-state index contributed by atoms with van der Waals surface area (Å²) in [5.74, 6) is 0.733. The number of hydrogen-bond acceptors (Lipinski definition) is 5. The van der Waals surface area contributed by atoms with Crippen LogP contribution in [0.3, 0.4) is 0 Å². The van der Waals surface area contributed by atoms with Crippen molar-refractivity contribution in [1.82, 2.24) is 9.88 Å². The van der Waals surface area contributed by atoms with Gasteiger partial charge in [-0.15, -0.1) is 11.3 Å². The van der Waals surface area contributed by atoms with Crippen molar-refractivity contribution < 1.29 is 9.53 Å². The van der Waals surface area contributed by atoms with E-state index >= 15 is 0 Å². The van der Waals surface area contributed by atoms with E-state index in [-0.39, 0.29) is 6.03 Å². The van der Waals surface area contributed by atoms with Crippen LogP contribution in [0.25, 0.3) is 0 Å². The fraction of sp³-hybridized carbons (Fsp3) is 0.444. The number of amides is 2. The summed E-state index contributed by atoms with van der Waals surface area (Å²) in [6.45, 7) is 7.68. The smallest absolute Gasteiger partial charge is 0.322 e. The van der Waals surface area contributed by atoms with Gasteiger partial charge >= 0.3 is 6.03 Å². The highest BCUT2D eigenvalue weighted by Crippen LogP contribution is 2.26. The number of carbonyl (C=O) groups excluding carboxylic acids is 1. The van der Waals surface area contributed by atoms with Crippen LogP contribution in [0.1, 0.15) is 18.9 Å². The maximum Gasteiger partial charge on any atom is 0.322 e. The van der Waals surface area contributed by atoms with Crippen molar-refractivity contribution in [3.63, 3.8) is 0 Å². The number of hydrogen-bond donors (Lipinski definition) is 1. The van der Waals surface area contributed by atoms with Crippen LogP contribution in [0.5, 0.6) is 5.75 Å². The number of ether oxygens (including phenoxy) is 1. The number of thiazole rings is 1. The van der Waals surface area contributed by atoms with Crippen molar-refractivity contribution >= 4 is 28.2 Å². The third kappa shape index (κ3) is 4.42. The Labute approximate surface area is 152 Å². The monoisotopic (exact) mass is 360 g/mol. The SMILES string of the molecule is CCCOc1cc(C)ccc1NC(=O)N1CCN(c2nccs2)CC1. The van der Waals surface area contributed by atoms with E-state index in [0.717, 1.165) is 41.6 Å². The molecule has 0 spiro atoms. The first kappa shape index (κ1) is 17.5. The molecule has 7 heteroatoms. The quantitative estimate of drug-likeness (QED) is 0.885. The fourth-order valence-electron chi connectivity index (χ4n) is 2.73. The highest BCUT2D eigenvalue weighted by Gasteiger charge is 2.23. The van der Waals surface area contributed by atoms with Crippen molar-refractivity contribution in [3.05, 3.63) is 35.3 Å². The molecular formula is C18H24N4O2S. The summed E-state index contributed by atoms with van der Waals surface area (Å²) < 4.78 is 5.77. The van der Waals surface area contributed by atoms with E-state index in [2.05, 4.69) is 22.1 Å². The standard InChI is InChI=1S/C18H24N4O2S/c1-3-11-24-16-13-14(2)4-5-15(16)20-17(23)21-7-9-22(10-8-21)18-19-6-12-25-18/h4-6,12-13H,3,7-11H2,1-2H3,(H,20,23). The molecule has 1 aromatic heterocycles. The maximum absolute atomic E-state index is 12.6. The summed E-state index contributed by atoms with van der Waals surface area (Å²) in [7, 11) is 0. The number of nitrogens with one attached hydrogen (secondary N) is 1. The summed E-state index contributed by atoms with van der Waals surface area (Å²) in [5.41, 5.74) is 1.84. The second kappa shape index (κ2) is 8.20. The maximum atomic E-state index is 12.6. The van der Waals surface area contributed by atoms with Gasteiger partial charge in [-0.2, -0.15) is 0 Å². The Bertz CT molecular complexity index is 697. The van der Waals surface area contributed by atoms with Gasteiger partial charge in [0.1, 0.15) is 5.75 Å². The number of nitrogens with zero attached hydrogens (tertiary/aromatic N) is 3. The van der Waals surface area contributed by atoms with Crippen LogP contribution >= 0.6 is 11.3 Å². The lowest BCUT2D eigenvalue weighted by Gasteiger charge is -2.34. The van der Waals surface area contributed by atoms with E-state index < -0.39 is 0 Å². The molecule has 0 atom stereocenters. The lowest BCUT2D eigenvalue weighted by Crippen LogP contribution is -2.50. The predicted molar refractivity (Wildman–Crippen MR) is 102 cm³/mol. The molecule has 2 amide bonds. The third-order valence-electron chi connectivity index (χ3n) is 4.10. The fourth-order valence-corrected chi connectivity index (χ4v) is 3.43. The zero-order valence-corrected chi connectivity index (χ0v) is 15.5. The van der Waals surface area contributed by atoms with Gasteiger partial charge in [-0.3, -0.25) is 0 Å². The molecule has 25 heavy (non-hydrogen) atoms. The van der Waals surface area contributed by atoms with E-state index in [9.17, 15) is 4.79 Å². The molecule has 0 unspecified atom stereocenters. The highest BCUT2D eigenvalue weighted by molar-refractivity contribution is 7.13. The van der Waals surface area contributed by atoms with Crippen molar-refractivity contribution in [2.75, 3.05) is 43.0 Å². The minimum Gasteiger partial charge on any atom is -0.491 e. The number of anilines is 2. The van der Waals surface area contributed by atoms with E-state index in [1.54, 1.807) is 11.3 Å². The molecule has 1 N–H and O–H groups in total. The molecule has 1 aliphatic heterocycles. The number of rotatable bonds is 5. The van der Waals surface area contributed by atoms with Crippen LogP contribution in [0.4, 0.5) is 15.6 Å². The molecule has 0 radical (unpaired) electrons. The van der Waals surface area contributed by atoms with E-state index in [1.807, 2.05) is 41.6 Å². The first-order valence-electron chi connectivity index (χ1n) is 8.61. The van der Waals surface area contributed by atoms with Crippen LogP contribution in [0, 0.1) is 6.92 Å². The molecule has 134 valence electrons. The first-order chi connectivity index (χ1) is 12.2. The number of aryl methyl sites for hydroxylation is 1. The van der Waals surface area contributed by atoms with Gasteiger partial charge in [0.2, 0.25) is 0 Å². The number of urea groups is 1. The van der Waals surface area contributed by atoms with Gasteiger partial charge in [0.15, 0.2) is 5.13 Å². The number of piperazine rings is 1. The normalized spacial score (nSPS) is 14.5. The Kier molecular flexibility index (Phi) is 5.75. The number of aromatic nitrogens is 1. The summed E-state index contributed by atoms with van der Waals surface area (Å²) in [6, 6.07) is 5.77. The average molecular weight is 360 g/mol. The molecule has 0 bridgehead atoms. The minimum absolute atomic E-state index is 0.0796. The van der Waals surface area contributed by atoms with Crippen LogP contribution in [-0.4, -0.2) is 48.7 Å². The van der Waals surface area contributed by atoms with Gasteiger partial charge in [-0.1, -0.05) is 13.0 Å². The summed E-state index contributed by atoms with van der Waals surface area (Å²) >= 11 is 1.63. The Hall–Kier alpha value is -2.28. The van der Waals surface area contributed by atoms with Gasteiger partial charge in [-0.25, -0.2) is 9.78 Å². The molecule has 1 saturated heterocycles. The number of benzene rings is 1. The van der Waals surface area contributed by atoms with Crippen molar-refractivity contribution in [2.24, 2.45) is 0 Å². The average Bonchev–Trinajstić information content (AvgIpc) is 3.16. The lowest BCUT2D eigenvalue weighted by atomic mass is 10.2. The van der Waals surface area contributed by atoms with Crippen LogP contribution in [0.2, 0.25) is 0 Å².